The first-order chi connectivity index (χ1) is 9.20. The number of nitrogens with one attached hydrogen (secondary N) is 1. The van der Waals surface area contributed by atoms with Gasteiger partial charge in [0.1, 0.15) is 10.7 Å². The molecule has 0 aliphatic rings. The fourth-order valence-corrected chi connectivity index (χ4v) is 4.03. The van der Waals surface area contributed by atoms with Crippen molar-refractivity contribution >= 4 is 26.0 Å². The zero-order valence-electron chi connectivity index (χ0n) is 12.1. The van der Waals surface area contributed by atoms with E-state index in [-0.39, 0.29) is 17.4 Å². The maximum Gasteiger partial charge on any atom is 0.245 e. The van der Waals surface area contributed by atoms with Crippen molar-refractivity contribution in [1.29, 1.82) is 0 Å². The second-order valence-corrected chi connectivity index (χ2v) is 8.02. The highest BCUT2D eigenvalue weighted by Gasteiger charge is 2.27. The van der Waals surface area contributed by atoms with Crippen LogP contribution in [0.1, 0.15) is 19.4 Å². The molecular weight excluding hydrogens is 347 g/mol. The molecule has 0 spiro atoms. The smallest absolute Gasteiger partial charge is 0.245 e. The molecule has 0 amide bonds. The van der Waals surface area contributed by atoms with E-state index >= 15 is 0 Å². The van der Waals surface area contributed by atoms with Crippen LogP contribution in [-0.2, 0) is 16.6 Å². The average Bonchev–Trinajstić information content (AvgIpc) is 2.32. The number of hydrogen-bond donors (Lipinski definition) is 1. The largest absolute Gasteiger partial charge is 0.316 e. The molecule has 7 heteroatoms. The molecular formula is C13H20BrFN2O2S. The van der Waals surface area contributed by atoms with E-state index in [1.807, 2.05) is 13.8 Å². The van der Waals surface area contributed by atoms with Gasteiger partial charge in [0.25, 0.3) is 0 Å². The molecule has 0 saturated carbocycles. The predicted octanol–water partition coefficient (Wildman–Crippen LogP) is 2.58. The minimum atomic E-state index is -3.83. The molecule has 0 aliphatic carbocycles. The van der Waals surface area contributed by atoms with Crippen LogP contribution >= 0.6 is 15.9 Å². The van der Waals surface area contributed by atoms with E-state index in [0.29, 0.717) is 16.6 Å². The maximum atomic E-state index is 14.4. The topological polar surface area (TPSA) is 49.4 Å². The van der Waals surface area contributed by atoms with E-state index in [1.54, 1.807) is 13.1 Å². The van der Waals surface area contributed by atoms with Gasteiger partial charge >= 0.3 is 0 Å². The molecule has 0 aromatic heterocycles. The fourth-order valence-electron chi connectivity index (χ4n) is 1.91. The van der Waals surface area contributed by atoms with Crippen LogP contribution in [0.4, 0.5) is 4.39 Å². The van der Waals surface area contributed by atoms with Crippen LogP contribution in [0.5, 0.6) is 0 Å². The Morgan fingerprint density at radius 1 is 1.40 bits per heavy atom. The number of nitrogens with zero attached hydrogens (tertiary/aromatic N) is 1. The second kappa shape index (κ2) is 6.98. The molecule has 0 bridgehead atoms. The highest BCUT2D eigenvalue weighted by Crippen LogP contribution is 2.26. The number of benzene rings is 1. The fraction of sp³-hybridized carbons (Fsp3) is 0.538. The van der Waals surface area contributed by atoms with Crippen LogP contribution in [0, 0.1) is 11.7 Å². The standard InChI is InChI=1S/C13H20BrFN2O2S/c1-9(2)8-17(4)20(18,19)12-6-11(14)5-10(7-16-3)13(12)15/h5-6,9,16H,7-8H2,1-4H3. The van der Waals surface area contributed by atoms with Gasteiger partial charge in [0.15, 0.2) is 0 Å². The summed E-state index contributed by atoms with van der Waals surface area (Å²) < 4.78 is 41.0. The van der Waals surface area contributed by atoms with Crippen molar-refractivity contribution in [2.75, 3.05) is 20.6 Å². The Morgan fingerprint density at radius 3 is 2.50 bits per heavy atom. The summed E-state index contributed by atoms with van der Waals surface area (Å²) in [6, 6.07) is 2.88. The lowest BCUT2D eigenvalue weighted by molar-refractivity contribution is 0.413. The van der Waals surface area contributed by atoms with E-state index in [4.69, 9.17) is 0 Å². The summed E-state index contributed by atoms with van der Waals surface area (Å²) in [5, 5.41) is 2.82. The Hall–Kier alpha value is -0.500. The Labute approximate surface area is 128 Å². The molecule has 114 valence electrons. The van der Waals surface area contributed by atoms with Crippen LogP contribution in [0.2, 0.25) is 0 Å². The van der Waals surface area contributed by atoms with Gasteiger partial charge in [-0.2, -0.15) is 0 Å². The van der Waals surface area contributed by atoms with E-state index in [0.717, 1.165) is 0 Å². The molecule has 0 unspecified atom stereocenters. The van der Waals surface area contributed by atoms with Crippen molar-refractivity contribution in [3.8, 4) is 0 Å². The van der Waals surface area contributed by atoms with Gasteiger partial charge in [0.2, 0.25) is 10.0 Å². The van der Waals surface area contributed by atoms with E-state index in [9.17, 15) is 12.8 Å². The Morgan fingerprint density at radius 2 is 2.00 bits per heavy atom. The summed E-state index contributed by atoms with van der Waals surface area (Å²) >= 11 is 3.23. The minimum Gasteiger partial charge on any atom is -0.316 e. The minimum absolute atomic E-state index is 0.168. The van der Waals surface area contributed by atoms with Gasteiger partial charge in [-0.3, -0.25) is 0 Å². The highest BCUT2D eigenvalue weighted by atomic mass is 79.9. The van der Waals surface area contributed by atoms with E-state index < -0.39 is 15.8 Å². The summed E-state index contributed by atoms with van der Waals surface area (Å²) in [4.78, 5) is -0.291. The molecule has 4 nitrogen and oxygen atoms in total. The normalized spacial score (nSPS) is 12.4. The molecule has 0 saturated heterocycles. The Bertz CT molecular complexity index is 576. The first kappa shape index (κ1) is 17.6. The van der Waals surface area contributed by atoms with E-state index in [2.05, 4.69) is 21.2 Å². The first-order valence-corrected chi connectivity index (χ1v) is 8.52. The van der Waals surface area contributed by atoms with Crippen LogP contribution in [0.3, 0.4) is 0 Å². The molecule has 1 aromatic rings. The number of sulfonamides is 1. The van der Waals surface area contributed by atoms with Gasteiger partial charge in [-0.25, -0.2) is 17.1 Å². The summed E-state index contributed by atoms with van der Waals surface area (Å²) in [5.74, 6) is -0.528. The lowest BCUT2D eigenvalue weighted by Crippen LogP contribution is -2.31. The third kappa shape index (κ3) is 4.00. The monoisotopic (exact) mass is 366 g/mol. The average molecular weight is 367 g/mol. The lowest BCUT2D eigenvalue weighted by Gasteiger charge is -2.20. The van der Waals surface area contributed by atoms with Crippen molar-refractivity contribution < 1.29 is 12.8 Å². The highest BCUT2D eigenvalue weighted by molar-refractivity contribution is 9.10. The summed E-state index contributed by atoms with van der Waals surface area (Å²) in [7, 11) is -0.682. The summed E-state index contributed by atoms with van der Waals surface area (Å²) in [6.07, 6.45) is 0. The molecule has 0 radical (unpaired) electrons. The molecule has 20 heavy (non-hydrogen) atoms. The van der Waals surface area contributed by atoms with Gasteiger partial charge in [-0.15, -0.1) is 0 Å². The van der Waals surface area contributed by atoms with Gasteiger partial charge in [-0.1, -0.05) is 29.8 Å². The molecule has 0 atom stereocenters. The molecule has 0 heterocycles. The lowest BCUT2D eigenvalue weighted by atomic mass is 10.2. The molecule has 1 rings (SSSR count). The third-order valence-corrected chi connectivity index (χ3v) is 5.04. The maximum absolute atomic E-state index is 14.4. The van der Waals surface area contributed by atoms with Crippen LogP contribution in [-0.4, -0.2) is 33.4 Å². The van der Waals surface area contributed by atoms with Gasteiger partial charge < -0.3 is 5.32 Å². The number of hydrogen-bond acceptors (Lipinski definition) is 3. The van der Waals surface area contributed by atoms with Gasteiger partial charge in [0.05, 0.1) is 0 Å². The number of halogens is 2. The predicted molar refractivity (Wildman–Crippen MR) is 81.5 cm³/mol. The molecule has 0 fully saturated rings. The van der Waals surface area contributed by atoms with Crippen molar-refractivity contribution in [1.82, 2.24) is 9.62 Å². The Balaban J connectivity index is 3.31. The van der Waals surface area contributed by atoms with Gasteiger partial charge in [-0.05, 0) is 25.1 Å². The van der Waals surface area contributed by atoms with Crippen molar-refractivity contribution in [3.63, 3.8) is 0 Å². The quantitative estimate of drug-likeness (QED) is 0.841. The van der Waals surface area contributed by atoms with Crippen LogP contribution in [0.25, 0.3) is 0 Å². The number of rotatable bonds is 6. The summed E-state index contributed by atoms with van der Waals surface area (Å²) in [6.45, 7) is 4.43. The van der Waals surface area contributed by atoms with Gasteiger partial charge in [0, 0.05) is 30.2 Å². The zero-order chi connectivity index (χ0) is 15.5. The third-order valence-electron chi connectivity index (χ3n) is 2.76. The Kier molecular flexibility index (Phi) is 6.12. The summed E-state index contributed by atoms with van der Waals surface area (Å²) in [5.41, 5.74) is 0.318. The van der Waals surface area contributed by atoms with Crippen LogP contribution in [0.15, 0.2) is 21.5 Å². The van der Waals surface area contributed by atoms with Crippen LogP contribution < -0.4 is 5.32 Å². The van der Waals surface area contributed by atoms with Crippen molar-refractivity contribution in [2.24, 2.45) is 5.92 Å². The zero-order valence-corrected chi connectivity index (χ0v) is 14.5. The van der Waals surface area contributed by atoms with Crippen molar-refractivity contribution in [2.45, 2.75) is 25.3 Å². The molecule has 1 N–H and O–H groups in total. The molecule has 1 aromatic carbocycles. The van der Waals surface area contributed by atoms with E-state index in [1.165, 1.54) is 17.4 Å². The second-order valence-electron chi connectivity index (χ2n) is 5.09. The molecule has 0 aliphatic heterocycles. The SMILES string of the molecule is CNCc1cc(Br)cc(S(=O)(=O)N(C)CC(C)C)c1F. The van der Waals surface area contributed by atoms with Crippen molar-refractivity contribution in [3.05, 3.63) is 28.0 Å². The first-order valence-electron chi connectivity index (χ1n) is 6.29.